The Morgan fingerprint density at radius 1 is 1.23 bits per heavy atom. The fourth-order valence-electron chi connectivity index (χ4n) is 3.83. The minimum atomic E-state index is -3.27. The molecule has 2 atom stereocenters. The Morgan fingerprint density at radius 2 is 1.90 bits per heavy atom. The van der Waals surface area contributed by atoms with E-state index in [1.54, 1.807) is 20.8 Å². The molecule has 2 saturated heterocycles. The highest BCUT2D eigenvalue weighted by atomic mass is 19.3. The number of hydrogen-bond donors (Lipinski definition) is 0. The van der Waals surface area contributed by atoms with Crippen LogP contribution in [0.1, 0.15) is 39.2 Å². The molecule has 9 heteroatoms. The number of cyclic esters (lactones) is 1. The molecule has 3 rings (SSSR count). The Balaban J connectivity index is 1.62. The monoisotopic (exact) mass is 438 g/mol. The van der Waals surface area contributed by atoms with Crippen molar-refractivity contribution in [1.29, 1.82) is 0 Å². The summed E-state index contributed by atoms with van der Waals surface area (Å²) in [7, 11) is 0. The van der Waals surface area contributed by atoms with Crippen LogP contribution < -0.4 is 0 Å². The van der Waals surface area contributed by atoms with Gasteiger partial charge >= 0.3 is 12.2 Å². The first-order valence-corrected chi connectivity index (χ1v) is 10.3. The highest BCUT2D eigenvalue weighted by molar-refractivity contribution is 5.93. The molecule has 0 aromatic heterocycles. The predicted molar refractivity (Wildman–Crippen MR) is 108 cm³/mol. The van der Waals surface area contributed by atoms with E-state index in [0.29, 0.717) is 6.42 Å². The summed E-state index contributed by atoms with van der Waals surface area (Å²) in [4.78, 5) is 39.0. The van der Waals surface area contributed by atoms with Crippen LogP contribution >= 0.6 is 0 Å². The van der Waals surface area contributed by atoms with E-state index in [2.05, 4.69) is 0 Å². The van der Waals surface area contributed by atoms with E-state index in [0.717, 1.165) is 15.4 Å². The zero-order valence-electron chi connectivity index (χ0n) is 18.0. The van der Waals surface area contributed by atoms with E-state index in [9.17, 15) is 23.2 Å². The molecule has 0 radical (unpaired) electrons. The van der Waals surface area contributed by atoms with Gasteiger partial charge in [0.05, 0.1) is 12.6 Å². The predicted octanol–water partition coefficient (Wildman–Crippen LogP) is 3.86. The normalized spacial score (nSPS) is 23.5. The zero-order chi connectivity index (χ0) is 22.8. The first-order chi connectivity index (χ1) is 14.5. The van der Waals surface area contributed by atoms with Crippen LogP contribution in [0, 0.1) is 5.92 Å². The number of nitrogens with zero attached hydrogens (tertiary/aromatic N) is 2. The molecule has 170 valence electrons. The second kappa shape index (κ2) is 8.80. The molecule has 0 N–H and O–H groups in total. The van der Waals surface area contributed by atoms with Gasteiger partial charge in [0.15, 0.2) is 0 Å². The van der Waals surface area contributed by atoms with Crippen molar-refractivity contribution in [2.24, 2.45) is 5.92 Å². The summed E-state index contributed by atoms with van der Waals surface area (Å²) in [6.45, 7) is 4.26. The molecule has 31 heavy (non-hydrogen) atoms. The van der Waals surface area contributed by atoms with E-state index in [-0.39, 0.29) is 19.6 Å². The van der Waals surface area contributed by atoms with Gasteiger partial charge in [-0.1, -0.05) is 30.3 Å². The van der Waals surface area contributed by atoms with Crippen LogP contribution in [0.3, 0.4) is 0 Å². The molecule has 1 unspecified atom stereocenters. The molecule has 7 nitrogen and oxygen atoms in total. The number of carbonyl (C=O) groups excluding carboxylic acids is 3. The molecule has 2 fully saturated rings. The number of benzene rings is 1. The lowest BCUT2D eigenvalue weighted by molar-refractivity contribution is -0.142. The number of halogens is 2. The number of rotatable bonds is 4. The largest absolute Gasteiger partial charge is 0.447 e. The minimum Gasteiger partial charge on any atom is -0.447 e. The number of alkyl halides is 2. The van der Waals surface area contributed by atoms with Crippen LogP contribution in [0.5, 0.6) is 0 Å². The van der Waals surface area contributed by atoms with Gasteiger partial charge in [0, 0.05) is 18.9 Å². The van der Waals surface area contributed by atoms with E-state index in [1.165, 1.54) is 0 Å². The number of likely N-dealkylation sites (tertiary alicyclic amines) is 1. The molecule has 1 aromatic carbocycles. The Morgan fingerprint density at radius 3 is 2.52 bits per heavy atom. The number of carbonyl (C=O) groups is 3. The summed E-state index contributed by atoms with van der Waals surface area (Å²) < 4.78 is 39.7. The first kappa shape index (κ1) is 23.0. The fourth-order valence-corrected chi connectivity index (χ4v) is 3.83. The molecular formula is C22H28F2N2O5. The van der Waals surface area contributed by atoms with Gasteiger partial charge in [-0.25, -0.2) is 23.3 Å². The lowest BCUT2D eigenvalue weighted by Gasteiger charge is -2.39. The van der Waals surface area contributed by atoms with Gasteiger partial charge in [-0.05, 0) is 39.2 Å². The highest BCUT2D eigenvalue weighted by Gasteiger charge is 2.49. The van der Waals surface area contributed by atoms with Crippen LogP contribution in [0.25, 0.3) is 0 Å². The van der Waals surface area contributed by atoms with Gasteiger partial charge in [-0.3, -0.25) is 4.79 Å². The number of ether oxygens (including phenoxy) is 2. The van der Waals surface area contributed by atoms with Gasteiger partial charge in [-0.15, -0.1) is 0 Å². The van der Waals surface area contributed by atoms with Crippen LogP contribution in [-0.4, -0.2) is 65.2 Å². The van der Waals surface area contributed by atoms with E-state index in [1.807, 2.05) is 30.3 Å². The number of amides is 3. The molecule has 2 heterocycles. The molecule has 0 aliphatic carbocycles. The van der Waals surface area contributed by atoms with Crippen molar-refractivity contribution in [3.8, 4) is 0 Å². The van der Waals surface area contributed by atoms with Crippen LogP contribution in [0.15, 0.2) is 30.3 Å². The van der Waals surface area contributed by atoms with Crippen LogP contribution in [-0.2, 0) is 20.7 Å². The van der Waals surface area contributed by atoms with Crippen molar-refractivity contribution in [1.82, 2.24) is 9.80 Å². The molecule has 1 aromatic rings. The van der Waals surface area contributed by atoms with Gasteiger partial charge < -0.3 is 14.4 Å². The summed E-state index contributed by atoms with van der Waals surface area (Å²) in [5.41, 5.74) is 0.128. The standard InChI is InChI=1S/C22H28F2N2O5/c1-21(2,3)31-19(28)25-10-9-16(22(23,24)14-25)12-18(27)26-17(13-30-20(26)29)11-15-7-5-4-6-8-15/h4-8,16-17H,9-14H2,1-3H3/t16?,17-/m1/s1. The van der Waals surface area contributed by atoms with E-state index >= 15 is 0 Å². The fraction of sp³-hybridized carbons (Fsp3) is 0.591. The van der Waals surface area contributed by atoms with Gasteiger partial charge in [-0.2, -0.15) is 0 Å². The quantitative estimate of drug-likeness (QED) is 0.714. The molecule has 2 aliphatic heterocycles. The molecule has 0 spiro atoms. The molecule has 3 amide bonds. The van der Waals surface area contributed by atoms with E-state index in [4.69, 9.17) is 9.47 Å². The van der Waals surface area contributed by atoms with Crippen molar-refractivity contribution in [2.45, 2.75) is 57.6 Å². The second-order valence-corrected chi connectivity index (χ2v) is 9.04. The van der Waals surface area contributed by atoms with Crippen molar-refractivity contribution in [3.63, 3.8) is 0 Å². The smallest absolute Gasteiger partial charge is 0.416 e. The zero-order valence-corrected chi connectivity index (χ0v) is 18.0. The molecule has 0 saturated carbocycles. The maximum atomic E-state index is 14.8. The SMILES string of the molecule is CC(C)(C)OC(=O)N1CCC(CC(=O)N2C(=O)OC[C@H]2Cc2ccccc2)C(F)(F)C1. The third kappa shape index (κ3) is 5.71. The Bertz CT molecular complexity index is 825. The Labute approximate surface area is 180 Å². The lowest BCUT2D eigenvalue weighted by Crippen LogP contribution is -2.53. The Kier molecular flexibility index (Phi) is 6.52. The lowest BCUT2D eigenvalue weighted by atomic mass is 9.89. The second-order valence-electron chi connectivity index (χ2n) is 9.04. The van der Waals surface area contributed by atoms with Gasteiger partial charge in [0.1, 0.15) is 12.2 Å². The topological polar surface area (TPSA) is 76.2 Å². The molecular weight excluding hydrogens is 410 g/mol. The van der Waals surface area contributed by atoms with Gasteiger partial charge in [0.25, 0.3) is 5.92 Å². The maximum absolute atomic E-state index is 14.8. The summed E-state index contributed by atoms with van der Waals surface area (Å²) in [5, 5.41) is 0. The summed E-state index contributed by atoms with van der Waals surface area (Å²) >= 11 is 0. The minimum absolute atomic E-state index is 0.0347. The molecule has 0 bridgehead atoms. The maximum Gasteiger partial charge on any atom is 0.416 e. The average Bonchev–Trinajstić information content (AvgIpc) is 3.02. The van der Waals surface area contributed by atoms with Crippen molar-refractivity contribution >= 4 is 18.1 Å². The number of imide groups is 1. The van der Waals surface area contributed by atoms with Crippen molar-refractivity contribution < 1.29 is 32.6 Å². The summed E-state index contributed by atoms with van der Waals surface area (Å²) in [5.74, 6) is -5.23. The third-order valence-electron chi connectivity index (χ3n) is 5.36. The summed E-state index contributed by atoms with van der Waals surface area (Å²) in [6, 6.07) is 8.75. The first-order valence-electron chi connectivity index (χ1n) is 10.3. The van der Waals surface area contributed by atoms with Crippen molar-refractivity contribution in [2.75, 3.05) is 19.7 Å². The molecule has 2 aliphatic rings. The summed E-state index contributed by atoms with van der Waals surface area (Å²) in [6.07, 6.45) is -1.77. The average molecular weight is 438 g/mol. The van der Waals surface area contributed by atoms with Crippen LogP contribution in [0.4, 0.5) is 18.4 Å². The van der Waals surface area contributed by atoms with Crippen LogP contribution in [0.2, 0.25) is 0 Å². The van der Waals surface area contributed by atoms with E-state index < -0.39 is 54.5 Å². The number of piperidine rings is 1. The van der Waals surface area contributed by atoms with Crippen molar-refractivity contribution in [3.05, 3.63) is 35.9 Å². The highest BCUT2D eigenvalue weighted by Crippen LogP contribution is 2.36. The third-order valence-corrected chi connectivity index (χ3v) is 5.36. The Hall–Kier alpha value is -2.71. The van der Waals surface area contributed by atoms with Gasteiger partial charge in [0.2, 0.25) is 5.91 Å². The number of hydrogen-bond acceptors (Lipinski definition) is 5.